The van der Waals surface area contributed by atoms with Crippen molar-refractivity contribution in [2.75, 3.05) is 10.5 Å². The number of hydrogen-bond acceptors (Lipinski definition) is 7. The minimum Gasteiger partial charge on any atom is -0.478 e. The summed E-state index contributed by atoms with van der Waals surface area (Å²) in [7, 11) is -9.17. The molecule has 0 heterocycles. The van der Waals surface area contributed by atoms with Gasteiger partial charge in [0.25, 0.3) is 20.1 Å². The van der Waals surface area contributed by atoms with Gasteiger partial charge in [0.05, 0.1) is 21.7 Å². The predicted octanol–water partition coefficient (Wildman–Crippen LogP) is 1.87. The highest BCUT2D eigenvalue weighted by Crippen LogP contribution is 2.33. The van der Waals surface area contributed by atoms with Gasteiger partial charge in [0.2, 0.25) is 0 Å². The molecule has 0 spiro atoms. The molecule has 0 aliphatic rings. The van der Waals surface area contributed by atoms with Crippen molar-refractivity contribution >= 4 is 54.2 Å². The number of hydrogen-bond donors (Lipinski definition) is 5. The van der Waals surface area contributed by atoms with Crippen molar-refractivity contribution in [1.82, 2.24) is 0 Å². The maximum Gasteiger partial charge on any atom is 0.336 e. The predicted molar refractivity (Wildman–Crippen MR) is 109 cm³/mol. The SMILES string of the molecule is Nc1ccc2c(S(=O)(=O)Nc3ccc(C(=O)O)c(C(=O)O)c3)cccc2c1S(=O)(=O)O. The number of nitrogens with one attached hydrogen (secondary N) is 1. The van der Waals surface area contributed by atoms with Gasteiger partial charge in [-0.2, -0.15) is 8.42 Å². The van der Waals surface area contributed by atoms with Crippen molar-refractivity contribution in [3.63, 3.8) is 0 Å². The summed E-state index contributed by atoms with van der Waals surface area (Å²) in [5.41, 5.74) is 3.95. The lowest BCUT2D eigenvalue weighted by atomic mass is 10.1. The molecule has 0 aliphatic carbocycles. The smallest absolute Gasteiger partial charge is 0.336 e. The van der Waals surface area contributed by atoms with E-state index in [4.69, 9.17) is 10.8 Å². The largest absolute Gasteiger partial charge is 0.478 e. The van der Waals surface area contributed by atoms with Gasteiger partial charge in [-0.15, -0.1) is 0 Å². The number of nitrogens with two attached hydrogens (primary N) is 1. The molecule has 3 aromatic rings. The number of aromatic carboxylic acids is 2. The highest BCUT2D eigenvalue weighted by molar-refractivity contribution is 7.93. The molecule has 0 aromatic heterocycles. The number of carbonyl (C=O) groups is 2. The third kappa shape index (κ3) is 4.14. The molecule has 11 nitrogen and oxygen atoms in total. The Morgan fingerprint density at radius 3 is 2.06 bits per heavy atom. The number of carboxylic acids is 2. The van der Waals surface area contributed by atoms with E-state index < -0.39 is 48.1 Å². The van der Waals surface area contributed by atoms with Crippen molar-refractivity contribution in [1.29, 1.82) is 0 Å². The van der Waals surface area contributed by atoms with E-state index in [1.807, 2.05) is 0 Å². The summed E-state index contributed by atoms with van der Waals surface area (Å²) < 4.78 is 60.9. The molecule has 0 aliphatic heterocycles. The molecule has 0 atom stereocenters. The Labute approximate surface area is 175 Å². The van der Waals surface area contributed by atoms with Crippen LogP contribution in [0.2, 0.25) is 0 Å². The number of benzene rings is 3. The van der Waals surface area contributed by atoms with E-state index in [0.29, 0.717) is 0 Å². The molecule has 3 rings (SSSR count). The quantitative estimate of drug-likeness (QED) is 0.264. The lowest BCUT2D eigenvalue weighted by Gasteiger charge is -2.14. The zero-order chi connectivity index (χ0) is 23.1. The molecule has 0 saturated heterocycles. The Kier molecular flexibility index (Phi) is 5.35. The highest BCUT2D eigenvalue weighted by atomic mass is 32.2. The lowest BCUT2D eigenvalue weighted by Crippen LogP contribution is -2.15. The van der Waals surface area contributed by atoms with Gasteiger partial charge in [0, 0.05) is 16.5 Å². The summed E-state index contributed by atoms with van der Waals surface area (Å²) in [6, 6.07) is 8.89. The second-order valence-corrected chi connectivity index (χ2v) is 9.30. The maximum atomic E-state index is 12.9. The van der Waals surface area contributed by atoms with Crippen molar-refractivity contribution < 1.29 is 41.2 Å². The fraction of sp³-hybridized carbons (Fsp3) is 0. The zero-order valence-electron chi connectivity index (χ0n) is 15.3. The minimum atomic E-state index is -4.77. The van der Waals surface area contributed by atoms with Crippen LogP contribution in [0, 0.1) is 0 Å². The van der Waals surface area contributed by atoms with Crippen LogP contribution in [0.4, 0.5) is 11.4 Å². The van der Waals surface area contributed by atoms with E-state index >= 15 is 0 Å². The Morgan fingerprint density at radius 2 is 1.48 bits per heavy atom. The molecule has 0 bridgehead atoms. The van der Waals surface area contributed by atoms with Crippen LogP contribution >= 0.6 is 0 Å². The van der Waals surface area contributed by atoms with Crippen LogP contribution in [0.5, 0.6) is 0 Å². The van der Waals surface area contributed by atoms with Crippen LogP contribution in [0.1, 0.15) is 20.7 Å². The van der Waals surface area contributed by atoms with Crippen molar-refractivity contribution in [2.45, 2.75) is 9.79 Å². The maximum absolute atomic E-state index is 12.9. The van der Waals surface area contributed by atoms with Crippen LogP contribution in [-0.2, 0) is 20.1 Å². The highest BCUT2D eigenvalue weighted by Gasteiger charge is 2.24. The summed E-state index contributed by atoms with van der Waals surface area (Å²) in [6.07, 6.45) is 0. The standard InChI is InChI=1S/C18H14N2O9S2/c19-14-7-6-10-11(16(14)31(27,28)29)2-1-3-15(10)30(25,26)20-9-4-5-12(17(21)22)13(8-9)18(23)24/h1-8,20H,19H2,(H,21,22)(H,23,24)(H,27,28,29). The molecule has 0 amide bonds. The molecule has 13 heteroatoms. The van der Waals surface area contributed by atoms with Gasteiger partial charge in [-0.25, -0.2) is 18.0 Å². The van der Waals surface area contributed by atoms with E-state index in [0.717, 1.165) is 24.3 Å². The first-order valence-electron chi connectivity index (χ1n) is 8.25. The molecule has 31 heavy (non-hydrogen) atoms. The third-order valence-electron chi connectivity index (χ3n) is 4.28. The summed E-state index contributed by atoms with van der Waals surface area (Å²) in [6.45, 7) is 0. The molecule has 3 aromatic carbocycles. The fourth-order valence-electron chi connectivity index (χ4n) is 3.02. The first-order chi connectivity index (χ1) is 14.3. The van der Waals surface area contributed by atoms with Gasteiger partial charge in [0.1, 0.15) is 4.90 Å². The lowest BCUT2D eigenvalue weighted by molar-refractivity contribution is 0.0651. The number of anilines is 2. The average molecular weight is 466 g/mol. The van der Waals surface area contributed by atoms with E-state index in [2.05, 4.69) is 4.72 Å². The van der Waals surface area contributed by atoms with Gasteiger partial charge < -0.3 is 15.9 Å². The molecule has 0 unspecified atom stereocenters. The van der Waals surface area contributed by atoms with Gasteiger partial charge in [-0.3, -0.25) is 9.27 Å². The second kappa shape index (κ2) is 7.54. The molecule has 0 fully saturated rings. The first-order valence-corrected chi connectivity index (χ1v) is 11.2. The van der Waals surface area contributed by atoms with Gasteiger partial charge >= 0.3 is 11.9 Å². The minimum absolute atomic E-state index is 0.0718. The van der Waals surface area contributed by atoms with Gasteiger partial charge in [0.15, 0.2) is 0 Å². The number of sulfonamides is 1. The van der Waals surface area contributed by atoms with Crippen LogP contribution in [0.25, 0.3) is 10.8 Å². The molecular weight excluding hydrogens is 452 g/mol. The Hall–Kier alpha value is -3.68. The molecule has 0 radical (unpaired) electrons. The molecule has 6 N–H and O–H groups in total. The van der Waals surface area contributed by atoms with E-state index in [-0.39, 0.29) is 27.0 Å². The van der Waals surface area contributed by atoms with Gasteiger partial charge in [-0.1, -0.05) is 18.2 Å². The molecule has 0 saturated carbocycles. The first kappa shape index (κ1) is 22.0. The number of rotatable bonds is 6. The van der Waals surface area contributed by atoms with Crippen LogP contribution < -0.4 is 10.5 Å². The normalized spacial score (nSPS) is 11.9. The summed E-state index contributed by atoms with van der Waals surface area (Å²) in [5, 5.41) is 18.0. The van der Waals surface area contributed by atoms with Crippen LogP contribution in [-0.4, -0.2) is 43.5 Å². The van der Waals surface area contributed by atoms with E-state index in [1.165, 1.54) is 24.3 Å². The Morgan fingerprint density at radius 1 is 0.839 bits per heavy atom. The summed E-state index contributed by atoms with van der Waals surface area (Å²) in [5.74, 6) is -3.08. The number of nitrogen functional groups attached to an aromatic ring is 1. The van der Waals surface area contributed by atoms with Crippen LogP contribution in [0.15, 0.2) is 58.3 Å². The average Bonchev–Trinajstić information content (AvgIpc) is 2.65. The summed E-state index contributed by atoms with van der Waals surface area (Å²) >= 11 is 0. The third-order valence-corrected chi connectivity index (χ3v) is 6.69. The fourth-order valence-corrected chi connectivity index (χ4v) is 5.12. The molecular formula is C18H14N2O9S2. The van der Waals surface area contributed by atoms with Gasteiger partial charge in [-0.05, 0) is 30.3 Å². The van der Waals surface area contributed by atoms with Crippen LogP contribution in [0.3, 0.4) is 0 Å². The monoisotopic (exact) mass is 466 g/mol. The van der Waals surface area contributed by atoms with E-state index in [9.17, 15) is 36.1 Å². The Bertz CT molecular complexity index is 1460. The summed E-state index contributed by atoms with van der Waals surface area (Å²) in [4.78, 5) is 21.4. The molecule has 162 valence electrons. The van der Waals surface area contributed by atoms with E-state index in [1.54, 1.807) is 0 Å². The van der Waals surface area contributed by atoms with Crippen molar-refractivity contribution in [2.24, 2.45) is 0 Å². The number of fused-ring (bicyclic) bond motifs is 1. The van der Waals surface area contributed by atoms with Crippen molar-refractivity contribution in [3.05, 3.63) is 59.7 Å². The number of carboxylic acid groups (broad SMARTS) is 2. The van der Waals surface area contributed by atoms with Crippen molar-refractivity contribution in [3.8, 4) is 0 Å². The topological polar surface area (TPSA) is 201 Å². The zero-order valence-corrected chi connectivity index (χ0v) is 16.9. The Balaban J connectivity index is 2.17. The second-order valence-electron chi connectivity index (χ2n) is 6.29.